The Labute approximate surface area is 105 Å². The fraction of sp³-hybridized carbons (Fsp3) is 0.500. The van der Waals surface area contributed by atoms with E-state index in [1.165, 1.54) is 12.3 Å². The van der Waals surface area contributed by atoms with Gasteiger partial charge in [-0.3, -0.25) is 9.59 Å². The third-order valence-corrected chi connectivity index (χ3v) is 3.58. The van der Waals surface area contributed by atoms with Crippen molar-refractivity contribution in [2.45, 2.75) is 12.8 Å². The van der Waals surface area contributed by atoms with E-state index >= 15 is 0 Å². The quantitative estimate of drug-likeness (QED) is 0.813. The predicted molar refractivity (Wildman–Crippen MR) is 66.4 cm³/mol. The zero-order valence-electron chi connectivity index (χ0n) is 9.49. The molecule has 1 aromatic rings. The predicted octanol–water partition coefficient (Wildman–Crippen LogP) is 1.47. The van der Waals surface area contributed by atoms with E-state index in [4.69, 9.17) is 11.6 Å². The molecule has 2 rings (SSSR count). The number of nitrogens with one attached hydrogen (secondary N) is 1. The molecular weight excluding hydrogens is 240 g/mol. The molecule has 1 N–H and O–H groups in total. The lowest BCUT2D eigenvalue weighted by molar-refractivity contribution is 0.0698. The zero-order chi connectivity index (χ0) is 12.3. The van der Waals surface area contributed by atoms with Crippen molar-refractivity contribution in [2.24, 2.45) is 5.92 Å². The number of carbonyl (C=O) groups excluding carboxylic acids is 1. The minimum Gasteiger partial charge on any atom is -0.339 e. The molecule has 0 radical (unpaired) electrons. The van der Waals surface area contributed by atoms with Crippen molar-refractivity contribution >= 4 is 17.5 Å². The molecule has 92 valence electrons. The minimum absolute atomic E-state index is 0.0656. The molecule has 1 aromatic heterocycles. The van der Waals surface area contributed by atoms with E-state index in [1.807, 2.05) is 0 Å². The zero-order valence-corrected chi connectivity index (χ0v) is 10.2. The third-order valence-electron chi connectivity index (χ3n) is 3.14. The number of pyridine rings is 1. The molecule has 0 aliphatic carbocycles. The average Bonchev–Trinajstić information content (AvgIpc) is 2.38. The monoisotopic (exact) mass is 254 g/mol. The summed E-state index contributed by atoms with van der Waals surface area (Å²) < 4.78 is 0. The van der Waals surface area contributed by atoms with E-state index in [0.29, 0.717) is 17.4 Å². The van der Waals surface area contributed by atoms with Crippen molar-refractivity contribution in [3.63, 3.8) is 0 Å². The Morgan fingerprint density at radius 1 is 1.47 bits per heavy atom. The maximum absolute atomic E-state index is 12.1. The molecule has 1 aliphatic rings. The fourth-order valence-electron chi connectivity index (χ4n) is 2.05. The third kappa shape index (κ3) is 2.88. The summed E-state index contributed by atoms with van der Waals surface area (Å²) in [6.07, 6.45) is 3.39. The van der Waals surface area contributed by atoms with Gasteiger partial charge in [0.25, 0.3) is 5.91 Å². The highest BCUT2D eigenvalue weighted by Crippen LogP contribution is 2.19. The molecule has 4 nitrogen and oxygen atoms in total. The lowest BCUT2D eigenvalue weighted by Gasteiger charge is -2.31. The summed E-state index contributed by atoms with van der Waals surface area (Å²) in [4.78, 5) is 27.5. The number of amides is 1. The van der Waals surface area contributed by atoms with Crippen LogP contribution in [0.1, 0.15) is 23.2 Å². The van der Waals surface area contributed by atoms with Crippen LogP contribution in [0.4, 0.5) is 0 Å². The number of aromatic amines is 1. The van der Waals surface area contributed by atoms with E-state index in [9.17, 15) is 9.59 Å². The minimum atomic E-state index is -0.244. The van der Waals surface area contributed by atoms with Crippen LogP contribution in [0.15, 0.2) is 23.1 Å². The van der Waals surface area contributed by atoms with Gasteiger partial charge in [-0.2, -0.15) is 0 Å². The molecule has 0 unspecified atom stereocenters. The molecule has 5 heteroatoms. The molecule has 2 heterocycles. The Balaban J connectivity index is 2.04. The number of alkyl halides is 1. The summed E-state index contributed by atoms with van der Waals surface area (Å²) in [5.74, 6) is 1.11. The Morgan fingerprint density at radius 3 is 2.76 bits per heavy atom. The van der Waals surface area contributed by atoms with E-state index in [0.717, 1.165) is 25.9 Å². The van der Waals surface area contributed by atoms with E-state index in [2.05, 4.69) is 4.98 Å². The van der Waals surface area contributed by atoms with Crippen LogP contribution in [-0.2, 0) is 0 Å². The normalized spacial score (nSPS) is 17.1. The second kappa shape index (κ2) is 5.36. The molecule has 17 heavy (non-hydrogen) atoms. The van der Waals surface area contributed by atoms with Crippen LogP contribution in [0.25, 0.3) is 0 Å². The Bertz CT molecular complexity index is 450. The first-order valence-corrected chi connectivity index (χ1v) is 6.28. The first-order chi connectivity index (χ1) is 8.20. The van der Waals surface area contributed by atoms with Crippen molar-refractivity contribution in [2.75, 3.05) is 19.0 Å². The summed E-state index contributed by atoms with van der Waals surface area (Å²) >= 11 is 5.80. The van der Waals surface area contributed by atoms with Crippen LogP contribution in [0.2, 0.25) is 0 Å². The second-order valence-electron chi connectivity index (χ2n) is 4.33. The van der Waals surface area contributed by atoms with Crippen molar-refractivity contribution < 1.29 is 4.79 Å². The largest absolute Gasteiger partial charge is 0.339 e. The van der Waals surface area contributed by atoms with Gasteiger partial charge in [-0.05, 0) is 24.8 Å². The number of aromatic nitrogens is 1. The average molecular weight is 255 g/mol. The summed E-state index contributed by atoms with van der Waals surface area (Å²) in [7, 11) is 0. The number of piperidine rings is 1. The van der Waals surface area contributed by atoms with Crippen molar-refractivity contribution in [3.05, 3.63) is 34.2 Å². The van der Waals surface area contributed by atoms with Gasteiger partial charge in [0.05, 0.1) is 0 Å². The maximum Gasteiger partial charge on any atom is 0.254 e. The van der Waals surface area contributed by atoms with E-state index in [1.54, 1.807) is 11.0 Å². The molecular formula is C12H15ClN2O2. The highest BCUT2D eigenvalue weighted by atomic mass is 35.5. The van der Waals surface area contributed by atoms with Gasteiger partial charge in [0.1, 0.15) is 0 Å². The summed E-state index contributed by atoms with van der Waals surface area (Å²) in [6, 6.07) is 2.98. The van der Waals surface area contributed by atoms with E-state index in [-0.39, 0.29) is 11.5 Å². The Kier molecular flexibility index (Phi) is 3.84. The number of carbonyl (C=O) groups is 1. The number of H-pyrrole nitrogens is 1. The molecule has 0 spiro atoms. The Morgan fingerprint density at radius 2 is 2.18 bits per heavy atom. The molecule has 0 saturated carbocycles. The number of nitrogens with zero attached hydrogens (tertiary/aromatic N) is 1. The van der Waals surface area contributed by atoms with Crippen molar-refractivity contribution in [1.29, 1.82) is 0 Å². The molecule has 0 aromatic carbocycles. The first-order valence-electron chi connectivity index (χ1n) is 5.74. The number of halogens is 1. The summed E-state index contributed by atoms with van der Waals surface area (Å²) in [5.41, 5.74) is 0.213. The molecule has 1 saturated heterocycles. The number of likely N-dealkylation sites (tertiary alicyclic amines) is 1. The maximum atomic E-state index is 12.1. The molecule has 1 aliphatic heterocycles. The van der Waals surface area contributed by atoms with Gasteiger partial charge in [0.2, 0.25) is 5.56 Å². The van der Waals surface area contributed by atoms with Crippen LogP contribution >= 0.6 is 11.6 Å². The van der Waals surface area contributed by atoms with Gasteiger partial charge in [0.15, 0.2) is 0 Å². The van der Waals surface area contributed by atoms with Gasteiger partial charge in [0, 0.05) is 36.8 Å². The Hall–Kier alpha value is -1.29. The first kappa shape index (κ1) is 12.2. The number of hydrogen-bond donors (Lipinski definition) is 1. The highest BCUT2D eigenvalue weighted by molar-refractivity contribution is 6.18. The van der Waals surface area contributed by atoms with Crippen molar-refractivity contribution in [3.8, 4) is 0 Å². The molecule has 1 amide bonds. The lowest BCUT2D eigenvalue weighted by atomic mass is 9.98. The summed E-state index contributed by atoms with van der Waals surface area (Å²) in [5, 5.41) is 0. The molecule has 1 fully saturated rings. The lowest BCUT2D eigenvalue weighted by Crippen LogP contribution is -2.39. The van der Waals surface area contributed by atoms with Crippen LogP contribution in [-0.4, -0.2) is 34.8 Å². The highest BCUT2D eigenvalue weighted by Gasteiger charge is 2.23. The standard InChI is InChI=1S/C12H15ClN2O2/c13-8-9-2-5-15(6-3-9)12(17)10-1-4-14-11(16)7-10/h1,4,7,9H,2-3,5-6,8H2,(H,14,16). The van der Waals surface area contributed by atoms with Gasteiger partial charge >= 0.3 is 0 Å². The van der Waals surface area contributed by atoms with Gasteiger partial charge < -0.3 is 9.88 Å². The molecule has 0 bridgehead atoms. The van der Waals surface area contributed by atoms with Crippen LogP contribution in [0.5, 0.6) is 0 Å². The number of rotatable bonds is 2. The SMILES string of the molecule is O=C(c1cc[nH]c(=O)c1)N1CCC(CCl)CC1. The number of hydrogen-bond acceptors (Lipinski definition) is 2. The summed E-state index contributed by atoms with van der Waals surface area (Å²) in [6.45, 7) is 1.45. The second-order valence-corrected chi connectivity index (χ2v) is 4.64. The van der Waals surface area contributed by atoms with Crippen LogP contribution < -0.4 is 5.56 Å². The van der Waals surface area contributed by atoms with Gasteiger partial charge in [-0.25, -0.2) is 0 Å². The fourth-order valence-corrected chi connectivity index (χ4v) is 2.36. The van der Waals surface area contributed by atoms with E-state index < -0.39 is 0 Å². The van der Waals surface area contributed by atoms with Crippen LogP contribution in [0, 0.1) is 5.92 Å². The smallest absolute Gasteiger partial charge is 0.254 e. The van der Waals surface area contributed by atoms with Crippen LogP contribution in [0.3, 0.4) is 0 Å². The van der Waals surface area contributed by atoms with Gasteiger partial charge in [-0.15, -0.1) is 11.6 Å². The molecule has 0 atom stereocenters. The van der Waals surface area contributed by atoms with Crippen molar-refractivity contribution in [1.82, 2.24) is 9.88 Å². The topological polar surface area (TPSA) is 53.2 Å². The van der Waals surface area contributed by atoms with Gasteiger partial charge in [-0.1, -0.05) is 0 Å².